The van der Waals surface area contributed by atoms with Crippen molar-refractivity contribution in [2.75, 3.05) is 33.2 Å². The molecule has 2 aliphatic rings. The third-order valence-electron chi connectivity index (χ3n) is 6.36. The third kappa shape index (κ3) is 5.66. The van der Waals surface area contributed by atoms with Crippen LogP contribution < -0.4 is 10.1 Å². The molecule has 2 saturated heterocycles. The summed E-state index contributed by atoms with van der Waals surface area (Å²) in [6.07, 6.45) is -6.10. The summed E-state index contributed by atoms with van der Waals surface area (Å²) in [5.41, 5.74) is -0.922. The van der Waals surface area contributed by atoms with Gasteiger partial charge in [-0.25, -0.2) is 14.2 Å². The quantitative estimate of drug-likeness (QED) is 0.565. The van der Waals surface area contributed by atoms with Crippen molar-refractivity contribution < 1.29 is 36.6 Å². The maximum absolute atomic E-state index is 13.7. The second-order valence-electron chi connectivity index (χ2n) is 9.23. The molecule has 2 aliphatic heterocycles. The number of aromatic nitrogens is 1. The lowest BCUT2D eigenvalue weighted by molar-refractivity contribution is -0.136. The molecule has 2 fully saturated rings. The topological polar surface area (TPSA) is 84.0 Å². The number of ether oxygens (including phenoxy) is 2. The molecular weight excluding hydrogens is 504 g/mol. The molecule has 0 spiro atoms. The van der Waals surface area contributed by atoms with Crippen molar-refractivity contribution in [1.82, 2.24) is 20.1 Å². The molecule has 0 saturated carbocycles. The normalized spacial score (nSPS) is 22.2. The number of fused-ring (bicyclic) bond motifs is 1. The van der Waals surface area contributed by atoms with Gasteiger partial charge in [0, 0.05) is 63.6 Å². The second kappa shape index (κ2) is 10.4. The first-order valence-electron chi connectivity index (χ1n) is 11.7. The summed E-state index contributed by atoms with van der Waals surface area (Å²) >= 11 is 0.805. The highest BCUT2D eigenvalue weighted by atomic mass is 32.1. The second-order valence-corrected chi connectivity index (χ2v) is 10.1. The molecule has 0 bridgehead atoms. The van der Waals surface area contributed by atoms with Crippen LogP contribution in [0.3, 0.4) is 0 Å². The maximum Gasteiger partial charge on any atom is 0.418 e. The molecule has 2 amide bonds. The largest absolute Gasteiger partial charge is 0.474 e. The number of rotatable bonds is 6. The zero-order valence-electron chi connectivity index (χ0n) is 20.1. The number of carbonyl (C=O) groups is 2. The molecule has 0 unspecified atom stereocenters. The van der Waals surface area contributed by atoms with Gasteiger partial charge in [-0.3, -0.25) is 9.69 Å². The lowest BCUT2D eigenvalue weighted by Crippen LogP contribution is -2.52. The lowest BCUT2D eigenvalue weighted by Gasteiger charge is -2.38. The summed E-state index contributed by atoms with van der Waals surface area (Å²) in [4.78, 5) is 32.4. The van der Waals surface area contributed by atoms with E-state index >= 15 is 0 Å². The van der Waals surface area contributed by atoms with Crippen LogP contribution in [0.25, 0.3) is 10.2 Å². The lowest BCUT2D eigenvalue weighted by atomic mass is 10.0. The van der Waals surface area contributed by atoms with E-state index < -0.39 is 42.1 Å². The van der Waals surface area contributed by atoms with Crippen molar-refractivity contribution in [3.05, 3.63) is 22.6 Å². The Morgan fingerprint density at radius 1 is 1.33 bits per heavy atom. The number of thiophene rings is 1. The zero-order valence-corrected chi connectivity index (χ0v) is 20.9. The van der Waals surface area contributed by atoms with Gasteiger partial charge < -0.3 is 19.7 Å². The Kier molecular flexibility index (Phi) is 7.60. The van der Waals surface area contributed by atoms with Crippen LogP contribution >= 0.6 is 11.3 Å². The first-order valence-corrected chi connectivity index (χ1v) is 12.6. The highest BCUT2D eigenvalue weighted by molar-refractivity contribution is 7.17. The fourth-order valence-electron chi connectivity index (χ4n) is 4.53. The average molecular weight is 533 g/mol. The average Bonchev–Trinajstić information content (AvgIpc) is 3.20. The number of halogens is 4. The maximum atomic E-state index is 13.7. The molecule has 3 atom stereocenters. The molecule has 4 rings (SSSR count). The van der Waals surface area contributed by atoms with Gasteiger partial charge in [0.2, 0.25) is 5.88 Å². The zero-order chi connectivity index (χ0) is 26.2. The molecule has 2 aromatic rings. The van der Waals surface area contributed by atoms with Crippen LogP contribution in [-0.2, 0) is 10.9 Å². The molecule has 0 aliphatic carbocycles. The summed E-state index contributed by atoms with van der Waals surface area (Å²) in [6, 6.07) is 0.577. The molecule has 1 N–H and O–H groups in total. The number of pyridine rings is 1. The van der Waals surface area contributed by atoms with Gasteiger partial charge in [0.25, 0.3) is 5.91 Å². The number of likely N-dealkylation sites (tertiary alicyclic amines) is 2. The molecule has 0 radical (unpaired) electrons. The van der Waals surface area contributed by atoms with Crippen LogP contribution in [0, 0.1) is 0 Å². The molecule has 2 aromatic heterocycles. The number of carbonyl (C=O) groups excluding carboxylic acids is 2. The number of alkyl halides is 4. The Hall–Kier alpha value is -2.67. The van der Waals surface area contributed by atoms with Gasteiger partial charge in [0.1, 0.15) is 18.4 Å². The molecule has 0 aromatic carbocycles. The van der Waals surface area contributed by atoms with E-state index in [4.69, 9.17) is 9.47 Å². The van der Waals surface area contributed by atoms with Gasteiger partial charge in [-0.1, -0.05) is 0 Å². The minimum absolute atomic E-state index is 0.0498. The number of piperidine rings is 1. The summed E-state index contributed by atoms with van der Waals surface area (Å²) < 4.78 is 65.4. The molecule has 36 heavy (non-hydrogen) atoms. The Bertz CT molecular complexity index is 1120. The third-order valence-corrected chi connectivity index (χ3v) is 7.36. The number of nitrogens with one attached hydrogen (secondary N) is 1. The van der Waals surface area contributed by atoms with E-state index in [1.807, 2.05) is 11.8 Å². The number of hydrogen-bond donors (Lipinski definition) is 1. The van der Waals surface area contributed by atoms with Gasteiger partial charge in [-0.15, -0.1) is 11.3 Å². The van der Waals surface area contributed by atoms with Crippen molar-refractivity contribution in [2.24, 2.45) is 0 Å². The molecule has 8 nitrogen and oxygen atoms in total. The Balaban J connectivity index is 1.42. The first-order chi connectivity index (χ1) is 17.0. The van der Waals surface area contributed by atoms with Gasteiger partial charge in [-0.2, -0.15) is 13.2 Å². The Morgan fingerprint density at radius 3 is 2.67 bits per heavy atom. The van der Waals surface area contributed by atoms with E-state index in [0.29, 0.717) is 39.0 Å². The fraction of sp³-hybridized carbons (Fsp3) is 0.609. The fourth-order valence-corrected chi connectivity index (χ4v) is 5.55. The first kappa shape index (κ1) is 26.4. The van der Waals surface area contributed by atoms with E-state index in [1.165, 1.54) is 12.4 Å². The van der Waals surface area contributed by atoms with Crippen LogP contribution in [0.2, 0.25) is 0 Å². The van der Waals surface area contributed by atoms with E-state index in [-0.39, 0.29) is 27.7 Å². The summed E-state index contributed by atoms with van der Waals surface area (Å²) in [7, 11) is 1.39. The van der Waals surface area contributed by atoms with Crippen LogP contribution in [0.1, 0.15) is 42.6 Å². The van der Waals surface area contributed by atoms with Crippen molar-refractivity contribution in [3.63, 3.8) is 0 Å². The highest BCUT2D eigenvalue weighted by Crippen LogP contribution is 2.40. The molecule has 4 heterocycles. The minimum atomic E-state index is -4.65. The van der Waals surface area contributed by atoms with E-state index in [9.17, 15) is 27.2 Å². The molecule has 13 heteroatoms. The van der Waals surface area contributed by atoms with Crippen molar-refractivity contribution in [1.29, 1.82) is 0 Å². The summed E-state index contributed by atoms with van der Waals surface area (Å²) in [5.74, 6) is -0.756. The van der Waals surface area contributed by atoms with Crippen LogP contribution in [0.15, 0.2) is 11.4 Å². The molecule has 198 valence electrons. The van der Waals surface area contributed by atoms with Crippen LogP contribution in [-0.4, -0.2) is 84.4 Å². The van der Waals surface area contributed by atoms with Crippen molar-refractivity contribution >= 4 is 33.6 Å². The van der Waals surface area contributed by atoms with E-state index in [1.54, 1.807) is 11.8 Å². The number of hydrogen-bond acceptors (Lipinski definition) is 7. The number of nitrogens with zero attached hydrogens (tertiary/aromatic N) is 3. The smallest absolute Gasteiger partial charge is 0.418 e. The Morgan fingerprint density at radius 2 is 2.06 bits per heavy atom. The van der Waals surface area contributed by atoms with E-state index in [0.717, 1.165) is 17.4 Å². The molecular formula is C23H28F4N4O4S. The van der Waals surface area contributed by atoms with E-state index in [2.05, 4.69) is 10.3 Å². The van der Waals surface area contributed by atoms with Gasteiger partial charge >= 0.3 is 12.3 Å². The standard InChI is InChI=1S/C23H28F4N4O4S/c1-12-6-15(4-5-31(12)22(33)34-13(2)8-30-9-14(24)10-30)35-18-7-17(23(25,26)27)20-19(29-18)16(11-36-20)21(32)28-3/h7,11-15H,4-6,8-10H2,1-3H3,(H,28,32)/t12-,13+,15-/m1/s1. The van der Waals surface area contributed by atoms with Gasteiger partial charge in [-0.05, 0) is 13.8 Å². The highest BCUT2D eigenvalue weighted by Gasteiger charge is 2.37. The van der Waals surface area contributed by atoms with Crippen molar-refractivity contribution in [2.45, 2.75) is 57.3 Å². The monoisotopic (exact) mass is 532 g/mol. The Labute approximate surface area is 209 Å². The van der Waals surface area contributed by atoms with Crippen molar-refractivity contribution in [3.8, 4) is 5.88 Å². The van der Waals surface area contributed by atoms with Gasteiger partial charge in [0.05, 0.1) is 21.3 Å². The van der Waals surface area contributed by atoms with Gasteiger partial charge in [0.15, 0.2) is 0 Å². The SMILES string of the molecule is CNC(=O)c1csc2c(C(F)(F)F)cc(O[C@@H]3CCN(C(=O)O[C@@H](C)CN4CC(F)C4)[C@H](C)C3)nc12. The summed E-state index contributed by atoms with van der Waals surface area (Å²) in [6.45, 7) is 4.99. The van der Waals surface area contributed by atoms with Crippen LogP contribution in [0.4, 0.5) is 22.4 Å². The summed E-state index contributed by atoms with van der Waals surface area (Å²) in [5, 5.41) is 3.76. The number of amides is 2. The van der Waals surface area contributed by atoms with Crippen LogP contribution in [0.5, 0.6) is 5.88 Å². The predicted octanol–water partition coefficient (Wildman–Crippen LogP) is 4.09. The minimum Gasteiger partial charge on any atom is -0.474 e. The predicted molar refractivity (Wildman–Crippen MR) is 125 cm³/mol.